The van der Waals surface area contributed by atoms with Crippen LogP contribution in [0.5, 0.6) is 5.75 Å². The number of para-hydroxylation sites is 1. The van der Waals surface area contributed by atoms with E-state index in [9.17, 15) is 9.59 Å². The van der Waals surface area contributed by atoms with Crippen LogP contribution in [0.15, 0.2) is 77.6 Å². The molecule has 30 heavy (non-hydrogen) atoms. The minimum atomic E-state index is -0.614. The molecule has 7 heteroatoms. The van der Waals surface area contributed by atoms with E-state index in [-0.39, 0.29) is 17.9 Å². The molecule has 0 unspecified atom stereocenters. The molecule has 0 aliphatic heterocycles. The summed E-state index contributed by atoms with van der Waals surface area (Å²) < 4.78 is 12.1. The maximum absolute atomic E-state index is 12.6. The molecule has 4 rings (SSSR count). The summed E-state index contributed by atoms with van der Waals surface area (Å²) in [5.41, 5.74) is 2.51. The Morgan fingerprint density at radius 3 is 2.67 bits per heavy atom. The van der Waals surface area contributed by atoms with Crippen LogP contribution in [0.4, 0.5) is 0 Å². The van der Waals surface area contributed by atoms with E-state index < -0.39 is 5.97 Å². The summed E-state index contributed by atoms with van der Waals surface area (Å²) in [6.07, 6.45) is 0. The Balaban J connectivity index is 1.48. The van der Waals surface area contributed by atoms with E-state index in [0.29, 0.717) is 23.3 Å². The van der Waals surface area contributed by atoms with Crippen LogP contribution in [-0.4, -0.2) is 21.0 Å². The number of fused-ring (bicyclic) bond motifs is 1. The summed E-state index contributed by atoms with van der Waals surface area (Å²) in [6, 6.07) is 21.6. The van der Waals surface area contributed by atoms with Crippen molar-refractivity contribution in [2.24, 2.45) is 0 Å². The zero-order valence-corrected chi connectivity index (χ0v) is 16.3. The number of rotatable bonds is 6. The van der Waals surface area contributed by atoms with Crippen molar-refractivity contribution in [3.63, 3.8) is 0 Å². The van der Waals surface area contributed by atoms with Gasteiger partial charge in [-0.1, -0.05) is 59.3 Å². The van der Waals surface area contributed by atoms with Crippen molar-refractivity contribution in [1.29, 1.82) is 0 Å². The van der Waals surface area contributed by atoms with Crippen LogP contribution < -0.4 is 10.3 Å². The third-order valence-electron chi connectivity index (χ3n) is 4.53. The number of hydrogen-bond donors (Lipinski definition) is 0. The number of carbonyl (C=O) groups excluding carboxylic acids is 1. The fourth-order valence-corrected chi connectivity index (χ4v) is 3.03. The van der Waals surface area contributed by atoms with Crippen molar-refractivity contribution in [3.05, 3.63) is 99.8 Å². The topological polar surface area (TPSA) is 83.3 Å². The molecule has 0 saturated carbocycles. The van der Waals surface area contributed by atoms with Gasteiger partial charge in [0.2, 0.25) is 0 Å². The minimum absolute atomic E-state index is 0.270. The van der Waals surface area contributed by atoms with Crippen molar-refractivity contribution in [3.8, 4) is 5.75 Å². The third kappa shape index (κ3) is 4.20. The summed E-state index contributed by atoms with van der Waals surface area (Å²) in [7, 11) is 0. The first-order valence-electron chi connectivity index (χ1n) is 9.39. The number of aryl methyl sites for hydroxylation is 1. The highest BCUT2D eigenvalue weighted by Crippen LogP contribution is 2.21. The highest BCUT2D eigenvalue weighted by Gasteiger charge is 2.15. The van der Waals surface area contributed by atoms with Crippen molar-refractivity contribution >= 4 is 16.9 Å². The Hall–Kier alpha value is -4.00. The van der Waals surface area contributed by atoms with Crippen LogP contribution in [0.25, 0.3) is 10.9 Å². The van der Waals surface area contributed by atoms with Crippen molar-refractivity contribution in [2.45, 2.75) is 20.3 Å². The molecule has 1 aromatic heterocycles. The van der Waals surface area contributed by atoms with Gasteiger partial charge in [0.05, 0.1) is 5.39 Å². The molecule has 0 N–H and O–H groups in total. The predicted octanol–water partition coefficient (Wildman–Crippen LogP) is 3.49. The van der Waals surface area contributed by atoms with Crippen molar-refractivity contribution in [2.75, 3.05) is 0 Å². The van der Waals surface area contributed by atoms with E-state index in [1.165, 1.54) is 0 Å². The third-order valence-corrected chi connectivity index (χ3v) is 4.53. The quantitative estimate of drug-likeness (QED) is 0.460. The van der Waals surface area contributed by atoms with E-state index in [0.717, 1.165) is 15.8 Å². The lowest BCUT2D eigenvalue weighted by atomic mass is 10.1. The molecule has 0 saturated heterocycles. The maximum atomic E-state index is 12.6. The maximum Gasteiger partial charge on any atom is 0.343 e. The largest absolute Gasteiger partial charge is 0.488 e. The van der Waals surface area contributed by atoms with E-state index in [1.807, 2.05) is 31.2 Å². The Labute approximate surface area is 172 Å². The average molecular weight is 401 g/mol. The number of aromatic nitrogens is 3. The lowest BCUT2D eigenvalue weighted by Gasteiger charge is -2.12. The molecule has 4 aromatic rings. The monoisotopic (exact) mass is 401 g/mol. The normalized spacial score (nSPS) is 10.7. The fraction of sp³-hybridized carbons (Fsp3) is 0.130. The van der Waals surface area contributed by atoms with Crippen LogP contribution in [0, 0.1) is 6.92 Å². The summed E-state index contributed by atoms with van der Waals surface area (Å²) >= 11 is 0. The van der Waals surface area contributed by atoms with E-state index in [2.05, 4.69) is 10.3 Å². The number of carbonyl (C=O) groups is 1. The summed E-state index contributed by atoms with van der Waals surface area (Å²) in [6.45, 7) is 1.98. The first kappa shape index (κ1) is 19.3. The van der Waals surface area contributed by atoms with E-state index in [1.54, 1.807) is 48.5 Å². The van der Waals surface area contributed by atoms with Gasteiger partial charge in [-0.2, -0.15) is 4.68 Å². The van der Waals surface area contributed by atoms with Gasteiger partial charge < -0.3 is 9.47 Å². The van der Waals surface area contributed by atoms with Crippen LogP contribution >= 0.6 is 0 Å². The lowest BCUT2D eigenvalue weighted by molar-refractivity contribution is 0.0331. The molecule has 0 aliphatic rings. The van der Waals surface area contributed by atoms with Crippen LogP contribution in [-0.2, 0) is 18.1 Å². The summed E-state index contributed by atoms with van der Waals surface area (Å²) in [5, 5.41) is 8.21. The lowest BCUT2D eigenvalue weighted by Crippen LogP contribution is -2.26. The summed E-state index contributed by atoms with van der Waals surface area (Å²) in [5.74, 6) is -0.211. The second-order valence-electron chi connectivity index (χ2n) is 6.75. The molecule has 150 valence electrons. The number of hydrogen-bond acceptors (Lipinski definition) is 6. The van der Waals surface area contributed by atoms with Crippen LogP contribution in [0.1, 0.15) is 21.5 Å². The summed E-state index contributed by atoms with van der Waals surface area (Å²) in [4.78, 5) is 25.1. The van der Waals surface area contributed by atoms with Gasteiger partial charge in [0.1, 0.15) is 23.4 Å². The molecular formula is C23H19N3O4. The number of nitrogens with zero attached hydrogens (tertiary/aromatic N) is 3. The minimum Gasteiger partial charge on any atom is -0.488 e. The highest BCUT2D eigenvalue weighted by atomic mass is 16.5. The van der Waals surface area contributed by atoms with Gasteiger partial charge in [0.25, 0.3) is 5.56 Å². The molecule has 0 atom stereocenters. The second-order valence-corrected chi connectivity index (χ2v) is 6.75. The zero-order valence-electron chi connectivity index (χ0n) is 16.3. The second kappa shape index (κ2) is 8.57. The first-order valence-corrected chi connectivity index (χ1v) is 9.39. The number of benzene rings is 3. The first-order chi connectivity index (χ1) is 14.6. The van der Waals surface area contributed by atoms with Gasteiger partial charge in [-0.15, -0.1) is 5.10 Å². The number of esters is 1. The van der Waals surface area contributed by atoms with Gasteiger partial charge in [-0.3, -0.25) is 4.79 Å². The highest BCUT2D eigenvalue weighted by molar-refractivity contribution is 5.92. The molecule has 0 aliphatic carbocycles. The molecule has 0 bridgehead atoms. The molecule has 0 spiro atoms. The predicted molar refractivity (Wildman–Crippen MR) is 111 cm³/mol. The van der Waals surface area contributed by atoms with Crippen molar-refractivity contribution in [1.82, 2.24) is 15.0 Å². The Morgan fingerprint density at radius 2 is 1.80 bits per heavy atom. The van der Waals surface area contributed by atoms with Crippen molar-refractivity contribution < 1.29 is 14.3 Å². The van der Waals surface area contributed by atoms with Gasteiger partial charge >= 0.3 is 5.97 Å². The van der Waals surface area contributed by atoms with Gasteiger partial charge in [-0.25, -0.2) is 4.79 Å². The van der Waals surface area contributed by atoms with Gasteiger partial charge in [0.15, 0.2) is 6.73 Å². The Morgan fingerprint density at radius 1 is 1.00 bits per heavy atom. The average Bonchev–Trinajstić information content (AvgIpc) is 2.77. The smallest absolute Gasteiger partial charge is 0.343 e. The SMILES string of the molecule is Cc1cccc(COc2ccccc2C(=O)OCn2nnc3ccccc3c2=O)c1. The fourth-order valence-electron chi connectivity index (χ4n) is 3.03. The van der Waals surface area contributed by atoms with Crippen LogP contribution in [0.2, 0.25) is 0 Å². The Kier molecular flexibility index (Phi) is 5.52. The van der Waals surface area contributed by atoms with E-state index >= 15 is 0 Å². The van der Waals surface area contributed by atoms with Gasteiger partial charge in [-0.05, 0) is 36.8 Å². The molecule has 3 aromatic carbocycles. The van der Waals surface area contributed by atoms with Gasteiger partial charge in [0, 0.05) is 0 Å². The molecule has 1 heterocycles. The molecule has 0 fully saturated rings. The zero-order chi connectivity index (χ0) is 20.9. The Bertz CT molecular complexity index is 1270. The number of ether oxygens (including phenoxy) is 2. The molecule has 7 nitrogen and oxygen atoms in total. The molecule has 0 radical (unpaired) electrons. The van der Waals surface area contributed by atoms with E-state index in [4.69, 9.17) is 9.47 Å². The molecule has 0 amide bonds. The standard InChI is InChI=1S/C23H19N3O4/c1-16-7-6-8-17(13-16)14-29-21-12-5-3-10-19(21)23(28)30-15-26-22(27)18-9-2-4-11-20(18)24-25-26/h2-13H,14-15H2,1H3. The van der Waals surface area contributed by atoms with Crippen LogP contribution in [0.3, 0.4) is 0 Å². The molecular weight excluding hydrogens is 382 g/mol.